The van der Waals surface area contributed by atoms with E-state index in [-0.39, 0.29) is 5.91 Å². The van der Waals surface area contributed by atoms with Crippen molar-refractivity contribution < 1.29 is 13.9 Å². The zero-order valence-corrected chi connectivity index (χ0v) is 16.0. The zero-order valence-electron chi connectivity index (χ0n) is 14.4. The summed E-state index contributed by atoms with van der Waals surface area (Å²) in [5.41, 5.74) is 3.40. The molecule has 0 saturated heterocycles. The van der Waals surface area contributed by atoms with Gasteiger partial charge in [-0.3, -0.25) is 4.79 Å². The molecular weight excluding hydrogens is 408 g/mol. The number of amides is 1. The van der Waals surface area contributed by atoms with Crippen LogP contribution in [-0.4, -0.2) is 18.0 Å². The van der Waals surface area contributed by atoms with Crippen LogP contribution in [0.4, 0.5) is 5.69 Å². The number of ether oxygens (including phenoxy) is 1. The highest BCUT2D eigenvalue weighted by Crippen LogP contribution is 2.32. The number of aromatic nitrogens is 1. The molecule has 0 atom stereocenters. The molecule has 4 rings (SSSR count). The lowest BCUT2D eigenvalue weighted by Crippen LogP contribution is -2.11. The van der Waals surface area contributed by atoms with Crippen molar-refractivity contribution in [1.29, 1.82) is 0 Å². The number of fused-ring (bicyclic) bond motifs is 1. The second-order valence-electron chi connectivity index (χ2n) is 5.87. The molecule has 0 aliphatic carbocycles. The molecule has 0 aliphatic heterocycles. The standard InChI is InChI=1S/C21H15BrN2O3/c1-26-18-9-7-14(11-16(18)22)21-24-17-12-15(8-10-19(17)27-21)23-20(25)13-5-3-2-4-6-13/h2-12H,1H3,(H,23,25). The average molecular weight is 423 g/mol. The first-order valence-corrected chi connectivity index (χ1v) is 9.04. The van der Waals surface area contributed by atoms with Crippen LogP contribution in [0.3, 0.4) is 0 Å². The molecule has 1 heterocycles. The van der Waals surface area contributed by atoms with Gasteiger partial charge in [0, 0.05) is 16.8 Å². The summed E-state index contributed by atoms with van der Waals surface area (Å²) in [4.78, 5) is 16.8. The van der Waals surface area contributed by atoms with E-state index in [9.17, 15) is 4.79 Å². The number of carbonyl (C=O) groups excluding carboxylic acids is 1. The molecule has 134 valence electrons. The number of carbonyl (C=O) groups is 1. The molecule has 0 spiro atoms. The second kappa shape index (κ2) is 7.25. The van der Waals surface area contributed by atoms with E-state index in [1.54, 1.807) is 37.4 Å². The Labute approximate surface area is 164 Å². The number of oxazole rings is 1. The van der Waals surface area contributed by atoms with Gasteiger partial charge in [-0.05, 0) is 64.5 Å². The fourth-order valence-electron chi connectivity index (χ4n) is 2.72. The van der Waals surface area contributed by atoms with Gasteiger partial charge in [-0.25, -0.2) is 4.98 Å². The number of nitrogens with zero attached hydrogens (tertiary/aromatic N) is 1. The molecule has 1 aromatic heterocycles. The molecule has 1 N–H and O–H groups in total. The van der Waals surface area contributed by atoms with Crippen LogP contribution in [0.2, 0.25) is 0 Å². The number of hydrogen-bond donors (Lipinski definition) is 1. The fraction of sp³-hybridized carbons (Fsp3) is 0.0476. The van der Waals surface area contributed by atoms with Crippen molar-refractivity contribution in [3.63, 3.8) is 0 Å². The minimum atomic E-state index is -0.169. The van der Waals surface area contributed by atoms with Crippen molar-refractivity contribution in [3.05, 3.63) is 76.8 Å². The molecule has 1 amide bonds. The van der Waals surface area contributed by atoms with Gasteiger partial charge in [-0.1, -0.05) is 18.2 Å². The van der Waals surface area contributed by atoms with Crippen LogP contribution >= 0.6 is 15.9 Å². The predicted octanol–water partition coefficient (Wildman–Crippen LogP) is 5.52. The first-order chi connectivity index (χ1) is 13.1. The van der Waals surface area contributed by atoms with E-state index >= 15 is 0 Å². The van der Waals surface area contributed by atoms with Gasteiger partial charge in [0.1, 0.15) is 11.3 Å². The maximum absolute atomic E-state index is 12.3. The number of benzene rings is 3. The highest BCUT2D eigenvalue weighted by molar-refractivity contribution is 9.10. The summed E-state index contributed by atoms with van der Waals surface area (Å²) in [6.07, 6.45) is 0. The molecule has 3 aromatic carbocycles. The third kappa shape index (κ3) is 3.57. The van der Waals surface area contributed by atoms with Crippen molar-refractivity contribution in [3.8, 4) is 17.2 Å². The molecule has 4 aromatic rings. The molecule has 0 fully saturated rings. The Kier molecular flexibility index (Phi) is 4.64. The van der Waals surface area contributed by atoms with E-state index in [0.29, 0.717) is 28.2 Å². The van der Waals surface area contributed by atoms with Gasteiger partial charge in [-0.15, -0.1) is 0 Å². The Morgan fingerprint density at radius 3 is 2.63 bits per heavy atom. The van der Waals surface area contributed by atoms with Crippen LogP contribution in [0.1, 0.15) is 10.4 Å². The lowest BCUT2D eigenvalue weighted by atomic mass is 10.2. The van der Waals surface area contributed by atoms with E-state index in [2.05, 4.69) is 26.2 Å². The summed E-state index contributed by atoms with van der Waals surface area (Å²) in [6, 6.07) is 20.1. The minimum absolute atomic E-state index is 0.169. The van der Waals surface area contributed by atoms with Gasteiger partial charge >= 0.3 is 0 Å². The Morgan fingerprint density at radius 2 is 1.89 bits per heavy atom. The smallest absolute Gasteiger partial charge is 0.255 e. The number of nitrogens with one attached hydrogen (secondary N) is 1. The van der Waals surface area contributed by atoms with Crippen LogP contribution in [0, 0.1) is 0 Å². The molecular formula is C21H15BrN2O3. The molecule has 0 radical (unpaired) electrons. The van der Waals surface area contributed by atoms with E-state index in [4.69, 9.17) is 9.15 Å². The molecule has 0 saturated carbocycles. The maximum Gasteiger partial charge on any atom is 0.255 e. The van der Waals surface area contributed by atoms with Crippen LogP contribution in [0.5, 0.6) is 5.75 Å². The highest BCUT2D eigenvalue weighted by Gasteiger charge is 2.12. The number of methoxy groups -OCH3 is 1. The van der Waals surface area contributed by atoms with Gasteiger partial charge in [0.2, 0.25) is 5.89 Å². The first-order valence-electron chi connectivity index (χ1n) is 8.25. The van der Waals surface area contributed by atoms with Crippen LogP contribution < -0.4 is 10.1 Å². The van der Waals surface area contributed by atoms with E-state index in [1.165, 1.54) is 0 Å². The molecule has 0 unspecified atom stereocenters. The summed E-state index contributed by atoms with van der Waals surface area (Å²) in [5.74, 6) is 1.07. The van der Waals surface area contributed by atoms with Crippen LogP contribution in [0.15, 0.2) is 75.6 Å². The summed E-state index contributed by atoms with van der Waals surface area (Å²) in [5, 5.41) is 2.88. The Morgan fingerprint density at radius 1 is 1.07 bits per heavy atom. The van der Waals surface area contributed by atoms with Crippen molar-refractivity contribution in [2.45, 2.75) is 0 Å². The van der Waals surface area contributed by atoms with Crippen LogP contribution in [-0.2, 0) is 0 Å². The number of halogens is 1. The topological polar surface area (TPSA) is 64.4 Å². The molecule has 5 nitrogen and oxygen atoms in total. The van der Waals surface area contributed by atoms with E-state index < -0.39 is 0 Å². The second-order valence-corrected chi connectivity index (χ2v) is 6.73. The van der Waals surface area contributed by atoms with Crippen molar-refractivity contribution in [2.75, 3.05) is 12.4 Å². The molecule has 6 heteroatoms. The molecule has 27 heavy (non-hydrogen) atoms. The zero-order chi connectivity index (χ0) is 18.8. The first kappa shape index (κ1) is 17.3. The maximum atomic E-state index is 12.3. The SMILES string of the molecule is COc1ccc(-c2nc3cc(NC(=O)c4ccccc4)ccc3o2)cc1Br. The highest BCUT2D eigenvalue weighted by atomic mass is 79.9. The summed E-state index contributed by atoms with van der Waals surface area (Å²) >= 11 is 3.47. The van der Waals surface area contributed by atoms with Gasteiger partial charge in [0.25, 0.3) is 5.91 Å². The monoisotopic (exact) mass is 422 g/mol. The molecule has 0 aliphatic rings. The number of hydrogen-bond acceptors (Lipinski definition) is 4. The van der Waals surface area contributed by atoms with Crippen molar-refractivity contribution in [1.82, 2.24) is 4.98 Å². The Hall–Kier alpha value is -3.12. The summed E-state index contributed by atoms with van der Waals surface area (Å²) in [7, 11) is 1.62. The summed E-state index contributed by atoms with van der Waals surface area (Å²) in [6.45, 7) is 0. The number of rotatable bonds is 4. The average Bonchev–Trinajstić information content (AvgIpc) is 3.12. The predicted molar refractivity (Wildman–Crippen MR) is 108 cm³/mol. The summed E-state index contributed by atoms with van der Waals surface area (Å²) < 4.78 is 11.9. The lowest BCUT2D eigenvalue weighted by molar-refractivity contribution is 0.102. The van der Waals surface area contributed by atoms with E-state index in [0.717, 1.165) is 15.8 Å². The molecule has 0 bridgehead atoms. The van der Waals surface area contributed by atoms with Crippen molar-refractivity contribution >= 4 is 38.6 Å². The lowest BCUT2D eigenvalue weighted by Gasteiger charge is -2.04. The van der Waals surface area contributed by atoms with Gasteiger partial charge < -0.3 is 14.5 Å². The third-order valence-corrected chi connectivity index (χ3v) is 4.70. The van der Waals surface area contributed by atoms with Gasteiger partial charge in [-0.2, -0.15) is 0 Å². The van der Waals surface area contributed by atoms with Gasteiger partial charge in [0.15, 0.2) is 5.58 Å². The quantitative estimate of drug-likeness (QED) is 0.470. The Balaban J connectivity index is 1.62. The normalized spacial score (nSPS) is 10.7. The Bertz CT molecular complexity index is 1120. The van der Waals surface area contributed by atoms with Crippen LogP contribution in [0.25, 0.3) is 22.6 Å². The van der Waals surface area contributed by atoms with Crippen molar-refractivity contribution in [2.24, 2.45) is 0 Å². The number of anilines is 1. The minimum Gasteiger partial charge on any atom is -0.496 e. The fourth-order valence-corrected chi connectivity index (χ4v) is 3.26. The largest absolute Gasteiger partial charge is 0.496 e. The van der Waals surface area contributed by atoms with E-state index in [1.807, 2.05) is 36.4 Å². The third-order valence-electron chi connectivity index (χ3n) is 4.08. The van der Waals surface area contributed by atoms with Gasteiger partial charge in [0.05, 0.1) is 11.6 Å².